The fraction of sp³-hybridized carbons (Fsp3) is 0.278. The van der Waals surface area contributed by atoms with E-state index in [4.69, 9.17) is 16.3 Å². The first-order chi connectivity index (χ1) is 10.6. The summed E-state index contributed by atoms with van der Waals surface area (Å²) in [4.78, 5) is 12.4. The van der Waals surface area contributed by atoms with Gasteiger partial charge in [-0.25, -0.2) is 0 Å². The van der Waals surface area contributed by atoms with Crippen LogP contribution >= 0.6 is 20.2 Å². The molecule has 0 aliphatic carbocycles. The van der Waals surface area contributed by atoms with Crippen molar-refractivity contribution in [3.05, 3.63) is 58.6 Å². The number of hydrogen-bond donors (Lipinski definition) is 0. The van der Waals surface area contributed by atoms with E-state index in [0.29, 0.717) is 11.6 Å². The van der Waals surface area contributed by atoms with Gasteiger partial charge in [-0.15, -0.1) is 0 Å². The Kier molecular flexibility index (Phi) is 8.96. The Balaban J connectivity index is 0.00000264. The number of rotatable bonds is 7. The molecule has 118 valence electrons. The molecule has 0 bridgehead atoms. The van der Waals surface area contributed by atoms with Gasteiger partial charge in [-0.05, 0) is 51.0 Å². The molecule has 1 atom stereocenters. The number of aryl methyl sites for hydroxylation is 1. The van der Waals surface area contributed by atoms with E-state index in [1.807, 2.05) is 43.3 Å². The van der Waals surface area contributed by atoms with Crippen LogP contribution in [0.5, 0.6) is 5.75 Å². The van der Waals surface area contributed by atoms with Crippen LogP contribution in [0.2, 0.25) is 5.02 Å². The number of unbranched alkanes of at least 4 members (excludes halogenated alkanes) is 1. The topological polar surface area (TPSA) is 26.3 Å². The first-order valence-corrected chi connectivity index (χ1v) is 8.79. The summed E-state index contributed by atoms with van der Waals surface area (Å²) in [5.74, 6) is 0.760. The Morgan fingerprint density at radius 1 is 1.22 bits per heavy atom. The predicted molar refractivity (Wildman–Crippen MR) is 102 cm³/mol. The summed E-state index contributed by atoms with van der Waals surface area (Å²) in [6.45, 7) is 4.76. The van der Waals surface area contributed by atoms with Gasteiger partial charge in [0.15, 0.2) is 5.52 Å². The Hall–Kier alpha value is -0.773. The Morgan fingerprint density at radius 3 is 2.61 bits per heavy atom. The SMILES string of the molecule is CCCCOc1ccc(PC(=O)c2ccccc2C)c(Cl)c1.[LiH]. The van der Waals surface area contributed by atoms with Gasteiger partial charge >= 0.3 is 18.9 Å². The van der Waals surface area contributed by atoms with Gasteiger partial charge in [-0.1, -0.05) is 49.2 Å². The van der Waals surface area contributed by atoms with E-state index in [2.05, 4.69) is 6.92 Å². The summed E-state index contributed by atoms with van der Waals surface area (Å²) in [5, 5.41) is 1.45. The molecule has 23 heavy (non-hydrogen) atoms. The second kappa shape index (κ2) is 10.2. The van der Waals surface area contributed by atoms with Gasteiger partial charge in [0.05, 0.1) is 11.6 Å². The minimum atomic E-state index is 0. The maximum absolute atomic E-state index is 12.4. The zero-order chi connectivity index (χ0) is 15.9. The van der Waals surface area contributed by atoms with Crippen LogP contribution in [0.4, 0.5) is 0 Å². The second-order valence-electron chi connectivity index (χ2n) is 5.11. The van der Waals surface area contributed by atoms with Gasteiger partial charge in [0.1, 0.15) is 5.75 Å². The first kappa shape index (κ1) is 20.3. The number of halogens is 1. The second-order valence-corrected chi connectivity index (χ2v) is 6.76. The third-order valence-electron chi connectivity index (χ3n) is 3.35. The number of hydrogen-bond acceptors (Lipinski definition) is 2. The molecule has 0 aliphatic rings. The first-order valence-electron chi connectivity index (χ1n) is 7.41. The van der Waals surface area contributed by atoms with Crippen LogP contribution in [0.1, 0.15) is 35.7 Å². The molecular formula is C18H21ClLiO2P. The van der Waals surface area contributed by atoms with Crippen molar-refractivity contribution in [1.29, 1.82) is 0 Å². The van der Waals surface area contributed by atoms with Crippen LogP contribution in [-0.2, 0) is 0 Å². The third kappa shape index (κ3) is 5.98. The van der Waals surface area contributed by atoms with Crippen LogP contribution < -0.4 is 10.0 Å². The number of carbonyl (C=O) groups is 1. The number of benzene rings is 2. The van der Waals surface area contributed by atoms with Crippen molar-refractivity contribution in [3.8, 4) is 5.75 Å². The summed E-state index contributed by atoms with van der Waals surface area (Å²) >= 11 is 6.29. The van der Waals surface area contributed by atoms with Crippen molar-refractivity contribution in [3.63, 3.8) is 0 Å². The zero-order valence-electron chi connectivity index (χ0n) is 12.9. The van der Waals surface area contributed by atoms with E-state index in [1.54, 1.807) is 6.07 Å². The number of ether oxygens (including phenoxy) is 1. The molecular weight excluding hydrogens is 322 g/mol. The molecule has 2 nitrogen and oxygen atoms in total. The molecule has 0 radical (unpaired) electrons. The molecule has 0 spiro atoms. The summed E-state index contributed by atoms with van der Waals surface area (Å²) in [5.41, 5.74) is 1.87. The normalized spacial score (nSPS) is 10.6. The Morgan fingerprint density at radius 2 is 1.96 bits per heavy atom. The molecule has 0 fully saturated rings. The van der Waals surface area contributed by atoms with Gasteiger partial charge in [-0.2, -0.15) is 0 Å². The fourth-order valence-electron chi connectivity index (χ4n) is 2.04. The minimum absolute atomic E-state index is 0. The van der Waals surface area contributed by atoms with Crippen molar-refractivity contribution in [2.24, 2.45) is 0 Å². The average Bonchev–Trinajstić information content (AvgIpc) is 2.50. The quantitative estimate of drug-likeness (QED) is 0.425. The molecule has 2 aromatic rings. The van der Waals surface area contributed by atoms with E-state index in [9.17, 15) is 4.79 Å². The summed E-state index contributed by atoms with van der Waals surface area (Å²) in [6, 6.07) is 13.2. The van der Waals surface area contributed by atoms with Crippen LogP contribution in [0, 0.1) is 6.92 Å². The summed E-state index contributed by atoms with van der Waals surface area (Å²) < 4.78 is 5.62. The van der Waals surface area contributed by atoms with Gasteiger partial charge in [0, 0.05) is 5.56 Å². The molecule has 0 saturated carbocycles. The predicted octanol–water partition coefficient (Wildman–Crippen LogP) is 4.32. The standard InChI is InChI=1S/C18H20ClO2P.Li.H/c1-3-4-11-21-14-9-10-17(16(19)12-14)22-18(20)15-8-6-5-7-13(15)2;;/h5-10,12,22H,3-4,11H2,1-2H3;;. The van der Waals surface area contributed by atoms with Crippen LogP contribution in [-0.4, -0.2) is 31.0 Å². The molecule has 0 N–H and O–H groups in total. The molecule has 0 heterocycles. The molecule has 2 rings (SSSR count). The van der Waals surface area contributed by atoms with Crippen LogP contribution in [0.15, 0.2) is 42.5 Å². The van der Waals surface area contributed by atoms with Crippen molar-refractivity contribution in [1.82, 2.24) is 0 Å². The molecule has 0 aliphatic heterocycles. The molecule has 5 heteroatoms. The van der Waals surface area contributed by atoms with E-state index < -0.39 is 0 Å². The molecule has 0 amide bonds. The van der Waals surface area contributed by atoms with E-state index in [-0.39, 0.29) is 33.0 Å². The van der Waals surface area contributed by atoms with Crippen molar-refractivity contribution < 1.29 is 9.53 Å². The van der Waals surface area contributed by atoms with Gasteiger partial charge in [0.2, 0.25) is 0 Å². The maximum atomic E-state index is 12.4. The van der Waals surface area contributed by atoms with Gasteiger partial charge in [-0.3, -0.25) is 4.79 Å². The fourth-order valence-corrected chi connectivity index (χ4v) is 3.37. The summed E-state index contributed by atoms with van der Waals surface area (Å²) in [7, 11) is 0.0233. The van der Waals surface area contributed by atoms with Gasteiger partial charge < -0.3 is 4.74 Å². The molecule has 1 unspecified atom stereocenters. The van der Waals surface area contributed by atoms with Gasteiger partial charge in [0.25, 0.3) is 0 Å². The van der Waals surface area contributed by atoms with E-state index in [0.717, 1.165) is 35.0 Å². The number of carbonyl (C=O) groups excluding carboxylic acids is 1. The molecule has 0 saturated heterocycles. The average molecular weight is 343 g/mol. The monoisotopic (exact) mass is 342 g/mol. The Labute approximate surface area is 156 Å². The van der Waals surface area contributed by atoms with Crippen LogP contribution in [0.3, 0.4) is 0 Å². The third-order valence-corrected chi connectivity index (χ3v) is 5.02. The zero-order valence-corrected chi connectivity index (χ0v) is 14.6. The van der Waals surface area contributed by atoms with Crippen molar-refractivity contribution in [2.45, 2.75) is 26.7 Å². The van der Waals surface area contributed by atoms with Crippen LogP contribution in [0.25, 0.3) is 0 Å². The van der Waals surface area contributed by atoms with E-state index in [1.165, 1.54) is 0 Å². The molecule has 2 aromatic carbocycles. The molecule has 0 aromatic heterocycles. The van der Waals surface area contributed by atoms with E-state index >= 15 is 0 Å². The Bertz CT molecular complexity index is 661. The summed E-state index contributed by atoms with van der Waals surface area (Å²) in [6.07, 6.45) is 2.12. The van der Waals surface area contributed by atoms with Crippen molar-refractivity contribution >= 4 is 49.9 Å². The van der Waals surface area contributed by atoms with Crippen molar-refractivity contribution in [2.75, 3.05) is 6.61 Å².